The van der Waals surface area contributed by atoms with Crippen molar-refractivity contribution in [2.24, 2.45) is 0 Å². The average Bonchev–Trinajstić information content (AvgIpc) is 2.87. The summed E-state index contributed by atoms with van der Waals surface area (Å²) >= 11 is 0. The highest BCUT2D eigenvalue weighted by molar-refractivity contribution is 7.54. The molecule has 0 radical (unpaired) electrons. The zero-order chi connectivity index (χ0) is 23.2. The Kier molecular flexibility index (Phi) is 12.1. The Balaban J connectivity index is 0.000000739. The molecule has 1 heterocycles. The van der Waals surface area contributed by atoms with Crippen LogP contribution in [0.3, 0.4) is 0 Å². The van der Waals surface area contributed by atoms with Crippen LogP contribution >= 0.6 is 7.60 Å². The van der Waals surface area contributed by atoms with Gasteiger partial charge in [0, 0.05) is 0 Å². The fourth-order valence-electron chi connectivity index (χ4n) is 3.49. The lowest BCUT2D eigenvalue weighted by atomic mass is 9.71. The molecule has 0 atom stereocenters. The highest BCUT2D eigenvalue weighted by Crippen LogP contribution is 2.61. The summed E-state index contributed by atoms with van der Waals surface area (Å²) in [5.74, 6) is 0. The second-order valence-electron chi connectivity index (χ2n) is 6.15. The molecule has 0 spiro atoms. The van der Waals surface area contributed by atoms with Gasteiger partial charge in [-0.05, 0) is 16.7 Å². The van der Waals surface area contributed by atoms with Crippen LogP contribution in [0.4, 0.5) is 0 Å². The zero-order valence-corrected chi connectivity index (χ0v) is 20.6. The van der Waals surface area contributed by atoms with Crippen molar-refractivity contribution in [1.82, 2.24) is 0 Å². The van der Waals surface area contributed by atoms with E-state index in [1.807, 2.05) is 96.1 Å². The Morgan fingerprint density at radius 2 is 0.903 bits per heavy atom. The molecule has 0 bridgehead atoms. The monoisotopic (exact) mass is 440 g/mol. The Morgan fingerprint density at radius 3 is 1.13 bits per heavy atom. The largest absolute Gasteiger partial charge is 0.336 e. The summed E-state index contributed by atoms with van der Waals surface area (Å²) in [5.41, 5.74) is 2.62. The minimum Gasteiger partial charge on any atom is -0.280 e. The van der Waals surface area contributed by atoms with Gasteiger partial charge >= 0.3 is 7.60 Å². The normalized spacial score (nSPS) is 13.6. The molecule has 0 saturated carbocycles. The summed E-state index contributed by atoms with van der Waals surface area (Å²) in [6.07, 6.45) is 0.276. The molecule has 1 saturated heterocycles. The molecule has 3 aromatic rings. The summed E-state index contributed by atoms with van der Waals surface area (Å²) < 4.78 is 23.7. The third-order valence-corrected chi connectivity index (χ3v) is 6.59. The van der Waals surface area contributed by atoms with Gasteiger partial charge in [0.1, 0.15) is 0 Å². The first-order valence-corrected chi connectivity index (χ1v) is 13.0. The Bertz CT molecular complexity index is 775. The lowest BCUT2D eigenvalue weighted by molar-refractivity contribution is 0.00774. The van der Waals surface area contributed by atoms with Gasteiger partial charge < -0.3 is 0 Å². The Hall–Kier alpha value is -2.19. The molecule has 4 rings (SSSR count). The first kappa shape index (κ1) is 26.8. The van der Waals surface area contributed by atoms with E-state index >= 15 is 0 Å². The van der Waals surface area contributed by atoms with Crippen molar-refractivity contribution in [2.45, 2.75) is 47.0 Å². The molecule has 0 aliphatic carbocycles. The summed E-state index contributed by atoms with van der Waals surface area (Å²) in [7, 11) is -3.11. The quantitative estimate of drug-likeness (QED) is 0.296. The molecule has 0 aromatic heterocycles. The van der Waals surface area contributed by atoms with Gasteiger partial charge in [-0.3, -0.25) is 13.6 Å². The lowest BCUT2D eigenvalue weighted by Gasteiger charge is -2.40. The van der Waals surface area contributed by atoms with Crippen LogP contribution < -0.4 is 0 Å². The first-order chi connectivity index (χ1) is 15.2. The van der Waals surface area contributed by atoms with Crippen LogP contribution in [-0.4, -0.2) is 13.0 Å². The van der Waals surface area contributed by atoms with Gasteiger partial charge in [-0.25, -0.2) is 0 Å². The average molecular weight is 441 g/mol. The smallest absolute Gasteiger partial charge is 0.280 e. The van der Waals surface area contributed by atoms with E-state index in [2.05, 4.69) is 36.4 Å². The first-order valence-electron chi connectivity index (χ1n) is 11.3. The van der Waals surface area contributed by atoms with Gasteiger partial charge in [0.2, 0.25) is 0 Å². The van der Waals surface area contributed by atoms with Gasteiger partial charge in [-0.15, -0.1) is 0 Å². The maximum atomic E-state index is 13.0. The van der Waals surface area contributed by atoms with E-state index in [1.165, 1.54) is 0 Å². The molecule has 1 aliphatic heterocycles. The summed E-state index contributed by atoms with van der Waals surface area (Å²) in [6, 6.07) is 30.5. The van der Waals surface area contributed by atoms with Crippen molar-refractivity contribution in [3.8, 4) is 0 Å². The Morgan fingerprint density at radius 1 is 0.613 bits per heavy atom. The SMILES string of the molecule is CC.CC.CC.O=P1(CC(c2ccccc2)(c2ccccc2)c2ccccc2)OCO1. The molecule has 1 fully saturated rings. The summed E-state index contributed by atoms with van der Waals surface area (Å²) in [4.78, 5) is 0. The van der Waals surface area contributed by atoms with E-state index in [9.17, 15) is 4.57 Å². The topological polar surface area (TPSA) is 35.5 Å². The highest BCUT2D eigenvalue weighted by Gasteiger charge is 2.47. The van der Waals surface area contributed by atoms with E-state index in [1.54, 1.807) is 0 Å². The van der Waals surface area contributed by atoms with Crippen LogP contribution in [0.15, 0.2) is 91.0 Å². The van der Waals surface area contributed by atoms with Crippen LogP contribution in [-0.2, 0) is 19.0 Å². The standard InChI is InChI=1S/C21H19O3P.3C2H6/c22-25(23-17-24-25)16-21(18-10-4-1-5-11-18,19-12-6-2-7-13-19)20-14-8-3-9-15-20;3*1-2/h1-15H,16-17H2;3*1-2H3. The molecular weight excluding hydrogens is 403 g/mol. The molecule has 31 heavy (non-hydrogen) atoms. The number of hydrogen-bond donors (Lipinski definition) is 0. The van der Waals surface area contributed by atoms with Crippen molar-refractivity contribution in [1.29, 1.82) is 0 Å². The minimum atomic E-state index is -3.11. The second-order valence-corrected chi connectivity index (χ2v) is 8.20. The zero-order valence-electron chi connectivity index (χ0n) is 19.7. The van der Waals surface area contributed by atoms with Crippen LogP contribution in [0.5, 0.6) is 0 Å². The molecule has 4 heteroatoms. The summed E-state index contributed by atoms with van der Waals surface area (Å²) in [5, 5.41) is 0. The van der Waals surface area contributed by atoms with Crippen molar-refractivity contribution >= 4 is 7.60 Å². The van der Waals surface area contributed by atoms with Gasteiger partial charge in [0.05, 0.1) is 11.6 Å². The molecule has 0 amide bonds. The van der Waals surface area contributed by atoms with Crippen LogP contribution in [0.2, 0.25) is 0 Å². The molecule has 0 N–H and O–H groups in total. The molecule has 168 valence electrons. The molecule has 3 nitrogen and oxygen atoms in total. The number of rotatable bonds is 5. The second kappa shape index (κ2) is 14.0. The molecular formula is C27H37O3P. The van der Waals surface area contributed by atoms with E-state index in [-0.39, 0.29) is 13.0 Å². The lowest BCUT2D eigenvalue weighted by Crippen LogP contribution is -2.36. The third kappa shape index (κ3) is 6.40. The summed E-state index contributed by atoms with van der Waals surface area (Å²) in [6.45, 7) is 12.1. The van der Waals surface area contributed by atoms with Gasteiger partial charge in [0.15, 0.2) is 6.79 Å². The van der Waals surface area contributed by atoms with Crippen molar-refractivity contribution in [2.75, 3.05) is 13.0 Å². The highest BCUT2D eigenvalue weighted by atomic mass is 31.2. The van der Waals surface area contributed by atoms with E-state index in [0.717, 1.165) is 16.7 Å². The van der Waals surface area contributed by atoms with E-state index in [4.69, 9.17) is 9.05 Å². The number of hydrogen-bond acceptors (Lipinski definition) is 3. The van der Waals surface area contributed by atoms with E-state index in [0.29, 0.717) is 0 Å². The van der Waals surface area contributed by atoms with Gasteiger partial charge in [-0.1, -0.05) is 133 Å². The number of benzene rings is 3. The Labute approximate surface area is 189 Å². The predicted molar refractivity (Wildman–Crippen MR) is 133 cm³/mol. The minimum absolute atomic E-state index is 0.103. The fraction of sp³-hybridized carbons (Fsp3) is 0.333. The van der Waals surface area contributed by atoms with Crippen molar-refractivity contribution < 1.29 is 13.6 Å². The molecule has 0 unspecified atom stereocenters. The van der Waals surface area contributed by atoms with Gasteiger partial charge in [-0.2, -0.15) is 0 Å². The van der Waals surface area contributed by atoms with Crippen LogP contribution in [0.1, 0.15) is 58.2 Å². The van der Waals surface area contributed by atoms with Crippen LogP contribution in [0, 0.1) is 0 Å². The van der Waals surface area contributed by atoms with Gasteiger partial charge in [0.25, 0.3) is 0 Å². The third-order valence-electron chi connectivity index (χ3n) is 4.73. The van der Waals surface area contributed by atoms with E-state index < -0.39 is 13.0 Å². The van der Waals surface area contributed by atoms with Crippen LogP contribution in [0.25, 0.3) is 0 Å². The maximum absolute atomic E-state index is 13.0. The maximum Gasteiger partial charge on any atom is 0.336 e. The predicted octanol–water partition coefficient (Wildman–Crippen LogP) is 8.30. The molecule has 1 aliphatic rings. The van der Waals surface area contributed by atoms with Crippen molar-refractivity contribution in [3.63, 3.8) is 0 Å². The molecule has 3 aromatic carbocycles. The fourth-order valence-corrected chi connectivity index (χ4v) is 5.15. The van der Waals surface area contributed by atoms with Crippen molar-refractivity contribution in [3.05, 3.63) is 108 Å².